The second kappa shape index (κ2) is 22.5. The van der Waals surface area contributed by atoms with Crippen LogP contribution >= 0.6 is 0 Å². The van der Waals surface area contributed by atoms with Crippen molar-refractivity contribution < 1.29 is 144 Å². The van der Waals surface area contributed by atoms with E-state index >= 15 is 0 Å². The maximum atomic E-state index is 12.9. The van der Waals surface area contributed by atoms with Crippen molar-refractivity contribution in [3.63, 3.8) is 0 Å². The highest BCUT2D eigenvalue weighted by molar-refractivity contribution is 5.76. The van der Waals surface area contributed by atoms with Crippen LogP contribution in [0.25, 0.3) is 0 Å². The highest BCUT2D eigenvalue weighted by Crippen LogP contribution is 2.39. The van der Waals surface area contributed by atoms with Gasteiger partial charge in [-0.3, -0.25) is 4.79 Å². The van der Waals surface area contributed by atoms with Crippen LogP contribution < -0.4 is 5.32 Å². The van der Waals surface area contributed by atoms with Crippen LogP contribution in [0.4, 0.5) is 0 Å². The minimum absolute atomic E-state index is 0.814. The number of carbonyl (C=O) groups excluding carboxylic acids is 1. The van der Waals surface area contributed by atoms with Crippen molar-refractivity contribution in [3.8, 4) is 0 Å². The standard InChI is InChI=1S/C35H59NO29/c1-8(42)36-15-9(43)2-35(34(55)56,64-26(15)16(45)10(44)3-37)65-29-19(48)13(6-40)60-33(24(29)53)63-28-18(47)12(5-39)59-32(23(28)52)62-27-17(46)11(4-38)58-31(22(27)51)61-25-14(7-41)57-30(54)21(50)20(25)49/h9-33,37-41,43-54H,2-7H2,1H3,(H,36,42)(H,55,56)/t9-,10+,11+,12+,13+,14+,15+,16+,17-,18+,19-,20+,21+,22+,23+,24+,25+,26+,27-,28-,29-,30+,31-,32-,33-,35-/m0/s1. The van der Waals surface area contributed by atoms with Crippen molar-refractivity contribution in [2.45, 2.75) is 172 Å². The third-order valence-corrected chi connectivity index (χ3v) is 11.7. The minimum Gasteiger partial charge on any atom is -0.477 e. The van der Waals surface area contributed by atoms with Crippen molar-refractivity contribution in [3.05, 3.63) is 0 Å². The van der Waals surface area contributed by atoms with Gasteiger partial charge < -0.3 is 140 Å². The molecule has 0 saturated carbocycles. The fourth-order valence-electron chi connectivity index (χ4n) is 8.13. The number of amides is 1. The fraction of sp³-hybridized carbons (Fsp3) is 0.943. The van der Waals surface area contributed by atoms with E-state index in [9.17, 15) is 102 Å². The van der Waals surface area contributed by atoms with Crippen LogP contribution in [0.2, 0.25) is 0 Å². The number of carboxylic acids is 1. The molecule has 0 aliphatic carbocycles. The molecule has 30 heteroatoms. The Morgan fingerprint density at radius 1 is 0.600 bits per heavy atom. The van der Waals surface area contributed by atoms with E-state index < -0.39 is 210 Å². The zero-order valence-corrected chi connectivity index (χ0v) is 34.2. The average molecular weight is 958 g/mol. The number of aliphatic hydroxyl groups excluding tert-OH is 17. The minimum atomic E-state index is -3.18. The molecule has 5 heterocycles. The second-order valence-corrected chi connectivity index (χ2v) is 16.1. The molecule has 5 aliphatic heterocycles. The summed E-state index contributed by atoms with van der Waals surface area (Å²) in [6.07, 6.45) is -49.9. The SMILES string of the molecule is CC(=O)N[C@H]1[C@H]([C@H](O)[C@H](O)CO)O[C@@](O[C@H]2[C@@H](O)[C@@H](CO)O[C@@H](O[C@@H]3[C@@H](O)[C@H](O[C@H]4[C@@H](O)[C@@H](CO)O[C@@H](O[C@H]5[C@H](O)[C@@H](O)[C@H](O)O[C@@H]5CO)[C@@H]4O)O[C@H](CO)[C@H]3O)[C@@H]2O)(C(=O)O)C[C@@H]1O. The molecule has 65 heavy (non-hydrogen) atoms. The van der Waals surface area contributed by atoms with Crippen molar-refractivity contribution in [1.29, 1.82) is 0 Å². The number of carboxylic acid groups (broad SMARTS) is 1. The van der Waals surface area contributed by atoms with Gasteiger partial charge in [-0.1, -0.05) is 0 Å². The maximum absolute atomic E-state index is 12.9. The number of ether oxygens (including phenoxy) is 9. The van der Waals surface area contributed by atoms with E-state index in [-0.39, 0.29) is 0 Å². The zero-order chi connectivity index (χ0) is 48.4. The van der Waals surface area contributed by atoms with Gasteiger partial charge in [0.1, 0.15) is 116 Å². The molecular weight excluding hydrogens is 898 g/mol. The first-order valence-electron chi connectivity index (χ1n) is 20.2. The summed E-state index contributed by atoms with van der Waals surface area (Å²) in [7, 11) is 0. The van der Waals surface area contributed by atoms with Crippen LogP contribution in [0.3, 0.4) is 0 Å². The molecule has 0 bridgehead atoms. The predicted octanol–water partition coefficient (Wildman–Crippen LogP) is -12.6. The first kappa shape index (κ1) is 53.8. The van der Waals surface area contributed by atoms with Gasteiger partial charge in [-0.2, -0.15) is 0 Å². The summed E-state index contributed by atoms with van der Waals surface area (Å²) < 4.78 is 49.6. The van der Waals surface area contributed by atoms with E-state index in [0.29, 0.717) is 0 Å². The van der Waals surface area contributed by atoms with E-state index in [4.69, 9.17) is 42.6 Å². The molecule has 5 fully saturated rings. The first-order chi connectivity index (χ1) is 30.6. The molecule has 0 aromatic carbocycles. The predicted molar refractivity (Wildman–Crippen MR) is 195 cm³/mol. The summed E-state index contributed by atoms with van der Waals surface area (Å²) in [5.41, 5.74) is 0. The highest BCUT2D eigenvalue weighted by Gasteiger charge is 2.61. The smallest absolute Gasteiger partial charge is 0.364 e. The Balaban J connectivity index is 1.39. The Labute approximate surface area is 366 Å². The summed E-state index contributed by atoms with van der Waals surface area (Å²) >= 11 is 0. The molecule has 0 spiro atoms. The van der Waals surface area contributed by atoms with Crippen molar-refractivity contribution in [2.24, 2.45) is 0 Å². The normalized spacial score (nSPS) is 48.3. The first-order valence-corrected chi connectivity index (χ1v) is 20.2. The van der Waals surface area contributed by atoms with Crippen LogP contribution in [-0.4, -0.2) is 296 Å². The van der Waals surface area contributed by atoms with Gasteiger partial charge in [-0.25, -0.2) is 4.79 Å². The van der Waals surface area contributed by atoms with E-state index in [1.54, 1.807) is 0 Å². The van der Waals surface area contributed by atoms with Gasteiger partial charge in [0.05, 0.1) is 45.2 Å². The largest absolute Gasteiger partial charge is 0.477 e. The molecular formula is C35H59NO29. The molecule has 0 aromatic heterocycles. The van der Waals surface area contributed by atoms with Crippen LogP contribution in [0.1, 0.15) is 13.3 Å². The summed E-state index contributed by atoms with van der Waals surface area (Å²) in [6.45, 7) is -4.21. The molecule has 5 aliphatic rings. The number of hydrogen-bond acceptors (Lipinski definition) is 28. The molecule has 5 rings (SSSR count). The fourth-order valence-corrected chi connectivity index (χ4v) is 8.13. The van der Waals surface area contributed by atoms with Crippen LogP contribution in [0, 0.1) is 0 Å². The third-order valence-electron chi connectivity index (χ3n) is 11.7. The Bertz CT molecular complexity index is 1540. The quantitative estimate of drug-likeness (QED) is 0.0643. The lowest BCUT2D eigenvalue weighted by Crippen LogP contribution is -2.71. The van der Waals surface area contributed by atoms with Crippen LogP contribution in [0.5, 0.6) is 0 Å². The van der Waals surface area contributed by atoms with Gasteiger partial charge in [0, 0.05) is 13.3 Å². The Morgan fingerprint density at radius 3 is 1.45 bits per heavy atom. The van der Waals surface area contributed by atoms with Crippen molar-refractivity contribution in [2.75, 3.05) is 33.0 Å². The van der Waals surface area contributed by atoms with E-state index in [2.05, 4.69) is 5.32 Å². The number of aliphatic hydroxyl groups is 17. The van der Waals surface area contributed by atoms with Gasteiger partial charge in [0.25, 0.3) is 5.79 Å². The summed E-state index contributed by atoms with van der Waals surface area (Å²) in [5.74, 6) is -6.06. The molecule has 5 saturated heterocycles. The molecule has 30 nitrogen and oxygen atoms in total. The Kier molecular flexibility index (Phi) is 18.7. The van der Waals surface area contributed by atoms with E-state index in [1.165, 1.54) is 0 Å². The maximum Gasteiger partial charge on any atom is 0.364 e. The number of rotatable bonds is 17. The lowest BCUT2D eigenvalue weighted by molar-refractivity contribution is -0.397. The number of nitrogens with one attached hydrogen (secondary N) is 1. The Morgan fingerprint density at radius 2 is 1.03 bits per heavy atom. The summed E-state index contributed by atoms with van der Waals surface area (Å²) in [5, 5.41) is 192. The number of hydrogen-bond donors (Lipinski definition) is 19. The van der Waals surface area contributed by atoms with Crippen LogP contribution in [-0.2, 0) is 52.2 Å². The monoisotopic (exact) mass is 957 g/mol. The molecule has 1 amide bonds. The van der Waals surface area contributed by atoms with Gasteiger partial charge in [0.15, 0.2) is 25.2 Å². The second-order valence-electron chi connectivity index (χ2n) is 16.1. The summed E-state index contributed by atoms with van der Waals surface area (Å²) in [6, 6.07) is -1.64. The van der Waals surface area contributed by atoms with Crippen molar-refractivity contribution >= 4 is 11.9 Å². The zero-order valence-electron chi connectivity index (χ0n) is 34.2. The van der Waals surface area contributed by atoms with Crippen molar-refractivity contribution in [1.82, 2.24) is 5.32 Å². The van der Waals surface area contributed by atoms with Gasteiger partial charge in [0.2, 0.25) is 5.91 Å². The lowest BCUT2D eigenvalue weighted by atomic mass is 9.88. The third kappa shape index (κ3) is 11.2. The molecule has 0 aromatic rings. The van der Waals surface area contributed by atoms with E-state index in [1.807, 2.05) is 0 Å². The van der Waals surface area contributed by atoms with Gasteiger partial charge in [-0.15, -0.1) is 0 Å². The van der Waals surface area contributed by atoms with Gasteiger partial charge >= 0.3 is 5.97 Å². The molecule has 26 atom stereocenters. The lowest BCUT2D eigenvalue weighted by Gasteiger charge is -2.51. The molecule has 0 radical (unpaired) electrons. The number of carbonyl (C=O) groups is 2. The van der Waals surface area contributed by atoms with Gasteiger partial charge in [-0.05, 0) is 0 Å². The molecule has 378 valence electrons. The van der Waals surface area contributed by atoms with E-state index in [0.717, 1.165) is 6.92 Å². The van der Waals surface area contributed by atoms with Crippen LogP contribution in [0.15, 0.2) is 0 Å². The Hall–Kier alpha value is -2.10. The molecule has 0 unspecified atom stereocenters. The topological polar surface area (TPSA) is 493 Å². The number of aliphatic carboxylic acids is 1. The molecule has 19 N–H and O–H groups in total. The average Bonchev–Trinajstić information content (AvgIpc) is 3.27. The summed E-state index contributed by atoms with van der Waals surface area (Å²) in [4.78, 5) is 24.8. The highest BCUT2D eigenvalue weighted by atomic mass is 16.8.